The van der Waals surface area contributed by atoms with Crippen LogP contribution in [0.4, 0.5) is 0 Å². The highest BCUT2D eigenvalue weighted by Gasteiger charge is 2.18. The van der Waals surface area contributed by atoms with Crippen molar-refractivity contribution < 1.29 is 9.53 Å². The van der Waals surface area contributed by atoms with Crippen LogP contribution in [0.5, 0.6) is 0 Å². The first-order valence-electron chi connectivity index (χ1n) is 6.06. The molecule has 0 N–H and O–H groups in total. The zero-order valence-electron chi connectivity index (χ0n) is 11.5. The average molecular weight is 281 g/mol. The molecule has 0 aliphatic heterocycles. The smallest absolute Gasteiger partial charge is 0.339 e. The van der Waals surface area contributed by atoms with E-state index in [0.717, 1.165) is 17.8 Å². The van der Waals surface area contributed by atoms with Crippen LogP contribution in [0.25, 0.3) is 5.52 Å². The normalized spacial score (nSPS) is 11.8. The maximum absolute atomic E-state index is 11.6. The molecule has 0 saturated heterocycles. The second-order valence-corrected chi connectivity index (χ2v) is 6.08. The molecule has 0 bridgehead atoms. The number of fused-ring (bicyclic) bond motifs is 1. The van der Waals surface area contributed by atoms with E-state index >= 15 is 0 Å². The van der Waals surface area contributed by atoms with Crippen LogP contribution in [0.15, 0.2) is 18.3 Å². The van der Waals surface area contributed by atoms with Gasteiger partial charge in [-0.05, 0) is 17.5 Å². The third-order valence-corrected chi connectivity index (χ3v) is 3.05. The monoisotopic (exact) mass is 280 g/mol. The molecular weight excluding hydrogens is 264 g/mol. The van der Waals surface area contributed by atoms with Gasteiger partial charge in [0.25, 0.3) is 0 Å². The maximum Gasteiger partial charge on any atom is 0.339 e. The Bertz CT molecular complexity index is 626. The second-order valence-electron chi connectivity index (χ2n) is 5.72. The number of rotatable bonds is 2. The first-order chi connectivity index (χ1) is 8.81. The van der Waals surface area contributed by atoms with E-state index in [-0.39, 0.29) is 11.4 Å². The Morgan fingerprint density at radius 2 is 2.11 bits per heavy atom. The van der Waals surface area contributed by atoms with E-state index in [2.05, 4.69) is 25.8 Å². The highest BCUT2D eigenvalue weighted by molar-refractivity contribution is 6.32. The topological polar surface area (TPSA) is 43.6 Å². The minimum Gasteiger partial charge on any atom is -0.465 e. The quantitative estimate of drug-likeness (QED) is 0.792. The first-order valence-corrected chi connectivity index (χ1v) is 6.44. The number of nitrogens with zero attached hydrogens (tertiary/aromatic N) is 2. The lowest BCUT2D eigenvalue weighted by molar-refractivity contribution is 0.0600. The molecule has 102 valence electrons. The van der Waals surface area contributed by atoms with E-state index in [1.54, 1.807) is 18.3 Å². The molecule has 0 saturated carbocycles. The predicted molar refractivity (Wildman–Crippen MR) is 74.7 cm³/mol. The van der Waals surface area contributed by atoms with E-state index in [1.807, 2.05) is 4.40 Å². The third kappa shape index (κ3) is 2.89. The zero-order valence-corrected chi connectivity index (χ0v) is 12.3. The largest absolute Gasteiger partial charge is 0.465 e. The van der Waals surface area contributed by atoms with Gasteiger partial charge < -0.3 is 9.14 Å². The van der Waals surface area contributed by atoms with E-state index in [0.29, 0.717) is 10.7 Å². The van der Waals surface area contributed by atoms with Gasteiger partial charge in [0.2, 0.25) is 0 Å². The fraction of sp³-hybridized carbons (Fsp3) is 0.429. The van der Waals surface area contributed by atoms with Gasteiger partial charge in [0, 0.05) is 12.6 Å². The molecule has 2 aromatic rings. The van der Waals surface area contributed by atoms with Crippen molar-refractivity contribution in [1.29, 1.82) is 0 Å². The lowest BCUT2D eigenvalue weighted by Crippen LogP contribution is -2.12. The molecule has 0 aliphatic carbocycles. The van der Waals surface area contributed by atoms with Gasteiger partial charge in [-0.3, -0.25) is 0 Å². The van der Waals surface area contributed by atoms with Crippen LogP contribution in [0.3, 0.4) is 0 Å². The van der Waals surface area contributed by atoms with Crippen molar-refractivity contribution in [2.75, 3.05) is 7.11 Å². The summed E-state index contributed by atoms with van der Waals surface area (Å²) in [4.78, 5) is 15.9. The number of aromatic nitrogens is 2. The molecule has 0 unspecified atom stereocenters. The summed E-state index contributed by atoms with van der Waals surface area (Å²) >= 11 is 6.12. The van der Waals surface area contributed by atoms with Crippen molar-refractivity contribution in [2.45, 2.75) is 27.2 Å². The molecule has 0 radical (unpaired) electrons. The van der Waals surface area contributed by atoms with Crippen LogP contribution in [-0.4, -0.2) is 22.5 Å². The van der Waals surface area contributed by atoms with Crippen molar-refractivity contribution in [3.05, 3.63) is 34.9 Å². The Labute approximate surface area is 117 Å². The number of halogens is 1. The number of methoxy groups -OCH3 is 1. The number of ether oxygens (including phenoxy) is 1. The molecule has 0 atom stereocenters. The van der Waals surface area contributed by atoms with Gasteiger partial charge in [-0.15, -0.1) is 0 Å². The molecular formula is C14H17ClN2O2. The molecule has 2 rings (SSSR count). The minimum atomic E-state index is -0.367. The van der Waals surface area contributed by atoms with Crippen LogP contribution in [0.1, 0.15) is 37.0 Å². The Hall–Kier alpha value is -1.55. The van der Waals surface area contributed by atoms with Crippen molar-refractivity contribution in [1.82, 2.24) is 9.38 Å². The van der Waals surface area contributed by atoms with Gasteiger partial charge in [-0.2, -0.15) is 0 Å². The second kappa shape index (κ2) is 4.85. The van der Waals surface area contributed by atoms with Crippen LogP contribution in [-0.2, 0) is 11.2 Å². The number of hydrogen-bond donors (Lipinski definition) is 0. The molecule has 0 amide bonds. The molecule has 2 heterocycles. The van der Waals surface area contributed by atoms with Crippen molar-refractivity contribution in [3.63, 3.8) is 0 Å². The van der Waals surface area contributed by atoms with Gasteiger partial charge in [-0.1, -0.05) is 32.4 Å². The van der Waals surface area contributed by atoms with Crippen LogP contribution in [0.2, 0.25) is 5.15 Å². The van der Waals surface area contributed by atoms with Gasteiger partial charge in [-0.25, -0.2) is 9.78 Å². The Morgan fingerprint density at radius 1 is 1.42 bits per heavy atom. The Morgan fingerprint density at radius 3 is 2.68 bits per heavy atom. The summed E-state index contributed by atoms with van der Waals surface area (Å²) in [5, 5.41) is 0.454. The van der Waals surface area contributed by atoms with Crippen LogP contribution < -0.4 is 0 Å². The van der Waals surface area contributed by atoms with Gasteiger partial charge >= 0.3 is 5.97 Å². The number of hydrogen-bond acceptors (Lipinski definition) is 3. The summed E-state index contributed by atoms with van der Waals surface area (Å²) in [5.74, 6) is 0.478. The van der Waals surface area contributed by atoms with Crippen molar-refractivity contribution >= 4 is 23.1 Å². The standard InChI is InChI=1S/C14H17ClN2O2/c1-14(2,3)7-11-16-12(15)10-6-5-9(8-17(10)11)13(18)19-4/h5-6,8H,7H2,1-4H3. The summed E-state index contributed by atoms with van der Waals surface area (Å²) in [5.41, 5.74) is 1.37. The van der Waals surface area contributed by atoms with E-state index in [9.17, 15) is 4.79 Å². The van der Waals surface area contributed by atoms with Gasteiger partial charge in [0.1, 0.15) is 5.82 Å². The Balaban J connectivity index is 2.55. The number of pyridine rings is 1. The zero-order chi connectivity index (χ0) is 14.2. The predicted octanol–water partition coefficient (Wildman–Crippen LogP) is 3.36. The third-order valence-electron chi connectivity index (χ3n) is 2.77. The number of imidazole rings is 1. The average Bonchev–Trinajstić information content (AvgIpc) is 2.62. The summed E-state index contributed by atoms with van der Waals surface area (Å²) in [6.45, 7) is 6.39. The highest BCUT2D eigenvalue weighted by Crippen LogP contribution is 2.25. The molecule has 0 aromatic carbocycles. The van der Waals surface area contributed by atoms with Crippen LogP contribution >= 0.6 is 11.6 Å². The first kappa shape index (κ1) is 13.9. The van der Waals surface area contributed by atoms with E-state index in [4.69, 9.17) is 16.3 Å². The molecule has 5 heteroatoms. The van der Waals surface area contributed by atoms with Crippen molar-refractivity contribution in [2.24, 2.45) is 5.41 Å². The Kier molecular flexibility index (Phi) is 3.54. The molecule has 0 aliphatic rings. The SMILES string of the molecule is COC(=O)c1ccc2c(Cl)nc(CC(C)(C)C)n2c1. The summed E-state index contributed by atoms with van der Waals surface area (Å²) in [6, 6.07) is 3.48. The summed E-state index contributed by atoms with van der Waals surface area (Å²) in [6.07, 6.45) is 2.49. The van der Waals surface area contributed by atoms with Crippen LogP contribution in [0, 0.1) is 5.41 Å². The summed E-state index contributed by atoms with van der Waals surface area (Å²) in [7, 11) is 1.36. The van der Waals surface area contributed by atoms with E-state index in [1.165, 1.54) is 7.11 Å². The van der Waals surface area contributed by atoms with E-state index < -0.39 is 0 Å². The van der Waals surface area contributed by atoms with Gasteiger partial charge in [0.15, 0.2) is 5.15 Å². The minimum absolute atomic E-state index is 0.0892. The number of carbonyl (C=O) groups excluding carboxylic acids is 1. The van der Waals surface area contributed by atoms with Crippen molar-refractivity contribution in [3.8, 4) is 0 Å². The fourth-order valence-corrected chi connectivity index (χ4v) is 2.20. The lowest BCUT2D eigenvalue weighted by Gasteiger charge is -2.16. The number of esters is 1. The molecule has 0 fully saturated rings. The fourth-order valence-electron chi connectivity index (χ4n) is 1.94. The summed E-state index contributed by atoms with van der Waals surface area (Å²) < 4.78 is 6.59. The number of carbonyl (C=O) groups is 1. The van der Waals surface area contributed by atoms with Gasteiger partial charge in [0.05, 0.1) is 18.2 Å². The molecule has 19 heavy (non-hydrogen) atoms. The highest BCUT2D eigenvalue weighted by atomic mass is 35.5. The molecule has 4 nitrogen and oxygen atoms in total. The molecule has 2 aromatic heterocycles. The molecule has 0 spiro atoms. The lowest BCUT2D eigenvalue weighted by atomic mass is 9.92. The maximum atomic E-state index is 11.6.